The third-order valence-electron chi connectivity index (χ3n) is 5.31. The number of hydrogen-bond donors (Lipinski definition) is 2. The lowest BCUT2D eigenvalue weighted by Gasteiger charge is -2.16. The molecule has 0 atom stereocenters. The molecule has 3 amide bonds. The lowest BCUT2D eigenvalue weighted by atomic mass is 10.1. The number of methoxy groups -OCH3 is 3. The number of carbonyl (C=O) groups is 3. The summed E-state index contributed by atoms with van der Waals surface area (Å²) in [6, 6.07) is 16.3. The van der Waals surface area contributed by atoms with Gasteiger partial charge in [-0.3, -0.25) is 19.7 Å². The van der Waals surface area contributed by atoms with Crippen molar-refractivity contribution in [3.8, 4) is 17.2 Å². The number of hydrogen-bond acceptors (Lipinski definition) is 7. The van der Waals surface area contributed by atoms with Crippen LogP contribution in [-0.2, 0) is 0 Å². The lowest BCUT2D eigenvalue weighted by molar-refractivity contribution is 0.0924. The number of rotatable bonds is 6. The fourth-order valence-electron chi connectivity index (χ4n) is 3.70. The molecule has 1 aliphatic heterocycles. The maximum atomic E-state index is 12.8. The minimum absolute atomic E-state index is 0.0169. The van der Waals surface area contributed by atoms with Crippen molar-refractivity contribution in [3.63, 3.8) is 0 Å². The van der Waals surface area contributed by atoms with E-state index in [4.69, 9.17) is 26.4 Å². The third-order valence-corrected chi connectivity index (χ3v) is 5.51. The molecule has 0 aromatic heterocycles. The van der Waals surface area contributed by atoms with Crippen LogP contribution in [0.3, 0.4) is 0 Å². The predicted octanol–water partition coefficient (Wildman–Crippen LogP) is 3.64. The number of imide groups is 1. The van der Waals surface area contributed by atoms with Gasteiger partial charge in [0.25, 0.3) is 17.7 Å². The zero-order valence-corrected chi connectivity index (χ0v) is 19.9. The summed E-state index contributed by atoms with van der Waals surface area (Å²) in [6.45, 7) is 0. The molecule has 4 rings (SSSR count). The van der Waals surface area contributed by atoms with Crippen LogP contribution in [0.1, 0.15) is 31.1 Å². The molecule has 35 heavy (non-hydrogen) atoms. The second-order valence-corrected chi connectivity index (χ2v) is 7.77. The summed E-state index contributed by atoms with van der Waals surface area (Å²) < 4.78 is 15.8. The van der Waals surface area contributed by atoms with E-state index in [0.29, 0.717) is 39.8 Å². The number of thiocarbonyl (C=S) groups is 1. The topological polar surface area (TPSA) is 106 Å². The van der Waals surface area contributed by atoms with Gasteiger partial charge in [0, 0.05) is 11.3 Å². The summed E-state index contributed by atoms with van der Waals surface area (Å²) in [4.78, 5) is 39.4. The first-order chi connectivity index (χ1) is 16.9. The molecule has 3 aromatic carbocycles. The van der Waals surface area contributed by atoms with Gasteiger partial charge in [-0.1, -0.05) is 18.2 Å². The lowest BCUT2D eigenvalue weighted by Crippen LogP contribution is -2.34. The molecular weight excluding hydrogens is 470 g/mol. The summed E-state index contributed by atoms with van der Waals surface area (Å²) in [6.07, 6.45) is 0. The van der Waals surface area contributed by atoms with Crippen LogP contribution in [0.5, 0.6) is 17.2 Å². The molecule has 0 saturated carbocycles. The van der Waals surface area contributed by atoms with E-state index in [1.165, 1.54) is 33.5 Å². The fourth-order valence-corrected chi connectivity index (χ4v) is 3.91. The molecule has 0 unspecified atom stereocenters. The molecule has 0 saturated heterocycles. The van der Waals surface area contributed by atoms with E-state index in [2.05, 4.69) is 10.6 Å². The van der Waals surface area contributed by atoms with E-state index in [1.54, 1.807) is 48.5 Å². The molecule has 1 aliphatic rings. The molecular formula is C25H21N3O6S. The van der Waals surface area contributed by atoms with Gasteiger partial charge in [-0.15, -0.1) is 0 Å². The summed E-state index contributed by atoms with van der Waals surface area (Å²) in [7, 11) is 4.37. The highest BCUT2D eigenvalue weighted by Gasteiger charge is 2.36. The van der Waals surface area contributed by atoms with Crippen LogP contribution >= 0.6 is 12.2 Å². The van der Waals surface area contributed by atoms with Crippen LogP contribution < -0.4 is 29.7 Å². The summed E-state index contributed by atoms with van der Waals surface area (Å²) in [5.74, 6) is -0.299. The number of amides is 3. The molecule has 0 spiro atoms. The SMILES string of the molecule is COc1cc(C(=O)NC(=S)Nc2cccc(N3C(=O)c4ccccc4C3=O)c2)cc(OC)c1OC. The molecule has 10 heteroatoms. The Morgan fingerprint density at radius 1 is 0.829 bits per heavy atom. The van der Waals surface area contributed by atoms with Gasteiger partial charge in [0.15, 0.2) is 16.6 Å². The third kappa shape index (κ3) is 4.51. The van der Waals surface area contributed by atoms with Crippen molar-refractivity contribution < 1.29 is 28.6 Å². The maximum Gasteiger partial charge on any atom is 0.266 e. The maximum absolute atomic E-state index is 12.8. The standard InChI is InChI=1S/C25H21N3O6S/c1-32-19-11-14(12-20(33-2)21(19)34-3)22(29)27-25(35)26-15-7-6-8-16(13-15)28-23(30)17-9-4-5-10-18(17)24(28)31/h4-13H,1-3H3,(H2,26,27,29,35). The number of ether oxygens (including phenoxy) is 3. The Kier molecular flexibility index (Phi) is 6.65. The van der Waals surface area contributed by atoms with Crippen LogP contribution in [0.4, 0.5) is 11.4 Å². The van der Waals surface area contributed by atoms with Crippen molar-refractivity contribution >= 4 is 46.4 Å². The summed E-state index contributed by atoms with van der Waals surface area (Å²) >= 11 is 5.29. The first kappa shape index (κ1) is 23.7. The van der Waals surface area contributed by atoms with Crippen LogP contribution in [0.2, 0.25) is 0 Å². The van der Waals surface area contributed by atoms with Gasteiger partial charge in [-0.05, 0) is 54.7 Å². The average Bonchev–Trinajstić information content (AvgIpc) is 3.12. The van der Waals surface area contributed by atoms with E-state index in [1.807, 2.05) is 0 Å². The predicted molar refractivity (Wildman–Crippen MR) is 134 cm³/mol. The van der Waals surface area contributed by atoms with Gasteiger partial charge in [-0.25, -0.2) is 4.90 Å². The van der Waals surface area contributed by atoms with Crippen molar-refractivity contribution in [1.29, 1.82) is 0 Å². The first-order valence-electron chi connectivity index (χ1n) is 10.4. The monoisotopic (exact) mass is 491 g/mol. The van der Waals surface area contributed by atoms with Gasteiger partial charge < -0.3 is 19.5 Å². The second kappa shape index (κ2) is 9.82. The minimum Gasteiger partial charge on any atom is -0.493 e. The van der Waals surface area contributed by atoms with Crippen LogP contribution in [0.15, 0.2) is 60.7 Å². The molecule has 0 radical (unpaired) electrons. The zero-order chi connectivity index (χ0) is 25.1. The van der Waals surface area contributed by atoms with Crippen molar-refractivity contribution in [3.05, 3.63) is 77.4 Å². The Hall–Kier alpha value is -4.44. The Morgan fingerprint density at radius 2 is 1.43 bits per heavy atom. The van der Waals surface area contributed by atoms with E-state index in [9.17, 15) is 14.4 Å². The van der Waals surface area contributed by atoms with Gasteiger partial charge in [0.05, 0.1) is 38.1 Å². The van der Waals surface area contributed by atoms with Crippen LogP contribution in [0.25, 0.3) is 0 Å². The van der Waals surface area contributed by atoms with Crippen LogP contribution in [0, 0.1) is 0 Å². The number of nitrogens with zero attached hydrogens (tertiary/aromatic N) is 1. The highest BCUT2D eigenvalue weighted by atomic mass is 32.1. The van der Waals surface area contributed by atoms with Gasteiger partial charge in [-0.2, -0.15) is 0 Å². The molecule has 0 aliphatic carbocycles. The highest BCUT2D eigenvalue weighted by Crippen LogP contribution is 2.38. The molecule has 9 nitrogen and oxygen atoms in total. The number of fused-ring (bicyclic) bond motifs is 1. The molecule has 0 bridgehead atoms. The number of anilines is 2. The van der Waals surface area contributed by atoms with Crippen molar-refractivity contribution in [1.82, 2.24) is 5.32 Å². The van der Waals surface area contributed by atoms with E-state index >= 15 is 0 Å². The molecule has 3 aromatic rings. The Labute approximate surface area is 206 Å². The summed E-state index contributed by atoms with van der Waals surface area (Å²) in [5, 5.41) is 5.50. The Morgan fingerprint density at radius 3 is 1.97 bits per heavy atom. The van der Waals surface area contributed by atoms with E-state index in [0.717, 1.165) is 4.90 Å². The van der Waals surface area contributed by atoms with E-state index in [-0.39, 0.29) is 10.7 Å². The molecule has 0 fully saturated rings. The fraction of sp³-hybridized carbons (Fsp3) is 0.120. The van der Waals surface area contributed by atoms with Crippen molar-refractivity contribution in [2.24, 2.45) is 0 Å². The van der Waals surface area contributed by atoms with Gasteiger partial charge in [0.2, 0.25) is 5.75 Å². The molecule has 1 heterocycles. The molecule has 178 valence electrons. The number of nitrogens with one attached hydrogen (secondary N) is 2. The second-order valence-electron chi connectivity index (χ2n) is 7.36. The summed E-state index contributed by atoms with van der Waals surface area (Å²) in [5.41, 5.74) is 1.80. The van der Waals surface area contributed by atoms with Gasteiger partial charge in [0.1, 0.15) is 0 Å². The number of benzene rings is 3. The smallest absolute Gasteiger partial charge is 0.266 e. The zero-order valence-electron chi connectivity index (χ0n) is 19.1. The van der Waals surface area contributed by atoms with E-state index < -0.39 is 17.7 Å². The van der Waals surface area contributed by atoms with Crippen molar-refractivity contribution in [2.45, 2.75) is 0 Å². The quantitative estimate of drug-likeness (QED) is 0.398. The number of carbonyl (C=O) groups excluding carboxylic acids is 3. The molecule has 2 N–H and O–H groups in total. The highest BCUT2D eigenvalue weighted by molar-refractivity contribution is 7.80. The first-order valence-corrected chi connectivity index (χ1v) is 10.8. The van der Waals surface area contributed by atoms with Crippen molar-refractivity contribution in [2.75, 3.05) is 31.5 Å². The van der Waals surface area contributed by atoms with Crippen LogP contribution in [-0.4, -0.2) is 44.2 Å². The normalized spacial score (nSPS) is 12.1. The average molecular weight is 492 g/mol. The Balaban J connectivity index is 1.49. The minimum atomic E-state index is -0.502. The largest absolute Gasteiger partial charge is 0.493 e. The van der Waals surface area contributed by atoms with Gasteiger partial charge >= 0.3 is 0 Å². The Bertz CT molecular complexity index is 1300.